The van der Waals surface area contributed by atoms with Crippen molar-refractivity contribution in [3.05, 3.63) is 34.6 Å². The standard InChI is InChI=1S/C21H27N3O4S/c1-3-11-24-19(26)16-9-5-6-10-17(16)22-21(24)29-14-18(25)23-12-7-8-15(13-23)20(27)28-4-2/h5-6,9-10,15H,3-4,7-8,11-14H2,1-2H3/t15-/m1/s1. The Labute approximate surface area is 174 Å². The molecular formula is C21H27N3O4S. The Morgan fingerprint density at radius 2 is 2.07 bits per heavy atom. The summed E-state index contributed by atoms with van der Waals surface area (Å²) in [5.41, 5.74) is 0.563. The van der Waals surface area contributed by atoms with Crippen molar-refractivity contribution in [1.82, 2.24) is 14.5 Å². The van der Waals surface area contributed by atoms with Crippen LogP contribution >= 0.6 is 11.8 Å². The van der Waals surface area contributed by atoms with Crippen LogP contribution < -0.4 is 5.56 Å². The maximum Gasteiger partial charge on any atom is 0.310 e. The van der Waals surface area contributed by atoms with Crippen molar-refractivity contribution in [2.45, 2.75) is 44.8 Å². The number of aromatic nitrogens is 2. The van der Waals surface area contributed by atoms with Crippen LogP contribution in [0.15, 0.2) is 34.2 Å². The highest BCUT2D eigenvalue weighted by Gasteiger charge is 2.29. The first kappa shape index (κ1) is 21.4. The Kier molecular flexibility index (Phi) is 7.30. The van der Waals surface area contributed by atoms with Gasteiger partial charge in [0.25, 0.3) is 5.56 Å². The van der Waals surface area contributed by atoms with Crippen LogP contribution in [-0.2, 0) is 20.9 Å². The number of thioether (sulfide) groups is 1. The van der Waals surface area contributed by atoms with Gasteiger partial charge in [-0.1, -0.05) is 30.8 Å². The van der Waals surface area contributed by atoms with Gasteiger partial charge in [-0.3, -0.25) is 19.0 Å². The van der Waals surface area contributed by atoms with Crippen LogP contribution in [0.2, 0.25) is 0 Å². The Morgan fingerprint density at radius 1 is 1.28 bits per heavy atom. The zero-order chi connectivity index (χ0) is 20.8. The largest absolute Gasteiger partial charge is 0.466 e. The van der Waals surface area contributed by atoms with Crippen molar-refractivity contribution in [2.75, 3.05) is 25.4 Å². The molecule has 1 aromatic carbocycles. The first-order chi connectivity index (χ1) is 14.0. The molecule has 1 atom stereocenters. The molecule has 7 nitrogen and oxygen atoms in total. The Balaban J connectivity index is 1.72. The van der Waals surface area contributed by atoms with E-state index >= 15 is 0 Å². The smallest absolute Gasteiger partial charge is 0.310 e. The number of carbonyl (C=O) groups is 2. The average Bonchev–Trinajstić information content (AvgIpc) is 2.74. The minimum absolute atomic E-state index is 0.0468. The topological polar surface area (TPSA) is 81.5 Å². The van der Waals surface area contributed by atoms with Gasteiger partial charge in [0, 0.05) is 19.6 Å². The van der Waals surface area contributed by atoms with Gasteiger partial charge in [0.15, 0.2) is 5.16 Å². The fraction of sp³-hybridized carbons (Fsp3) is 0.524. The maximum absolute atomic E-state index is 12.8. The summed E-state index contributed by atoms with van der Waals surface area (Å²) in [5.74, 6) is -0.348. The molecular weight excluding hydrogens is 390 g/mol. The lowest BCUT2D eigenvalue weighted by molar-refractivity contribution is -0.151. The van der Waals surface area contributed by atoms with Crippen molar-refractivity contribution in [1.29, 1.82) is 0 Å². The van der Waals surface area contributed by atoms with Crippen LogP contribution in [0.4, 0.5) is 0 Å². The number of rotatable bonds is 7. The summed E-state index contributed by atoms with van der Waals surface area (Å²) in [5, 5.41) is 1.15. The second-order valence-corrected chi connectivity index (χ2v) is 8.03. The molecule has 1 aromatic heterocycles. The van der Waals surface area contributed by atoms with Crippen molar-refractivity contribution in [2.24, 2.45) is 5.92 Å². The van der Waals surface area contributed by atoms with Crippen molar-refractivity contribution in [3.63, 3.8) is 0 Å². The van der Waals surface area contributed by atoms with Crippen LogP contribution in [0.25, 0.3) is 10.9 Å². The number of hydrogen-bond acceptors (Lipinski definition) is 6. The number of hydrogen-bond donors (Lipinski definition) is 0. The summed E-state index contributed by atoms with van der Waals surface area (Å²) in [6, 6.07) is 7.27. The van der Waals surface area contributed by atoms with E-state index in [0.29, 0.717) is 42.3 Å². The van der Waals surface area contributed by atoms with E-state index in [1.165, 1.54) is 11.8 Å². The van der Waals surface area contributed by atoms with Crippen LogP contribution in [0.1, 0.15) is 33.1 Å². The normalized spacial score (nSPS) is 16.8. The predicted octanol–water partition coefficient (Wildman–Crippen LogP) is 2.70. The molecule has 2 aromatic rings. The van der Waals surface area contributed by atoms with Gasteiger partial charge in [0.1, 0.15) is 0 Å². The van der Waals surface area contributed by atoms with E-state index in [-0.39, 0.29) is 29.1 Å². The van der Waals surface area contributed by atoms with Crippen molar-refractivity contribution in [3.8, 4) is 0 Å². The average molecular weight is 418 g/mol. The second kappa shape index (κ2) is 9.91. The van der Waals surface area contributed by atoms with E-state index in [0.717, 1.165) is 19.3 Å². The molecule has 0 aliphatic carbocycles. The molecule has 0 spiro atoms. The zero-order valence-corrected chi connectivity index (χ0v) is 17.7. The highest BCUT2D eigenvalue weighted by molar-refractivity contribution is 7.99. The molecule has 1 aliphatic rings. The number of ether oxygens (including phenoxy) is 1. The molecule has 2 heterocycles. The zero-order valence-electron chi connectivity index (χ0n) is 16.9. The van der Waals surface area contributed by atoms with E-state index in [9.17, 15) is 14.4 Å². The summed E-state index contributed by atoms with van der Waals surface area (Å²) in [6.45, 7) is 5.73. The number of amides is 1. The minimum atomic E-state index is -0.255. The lowest BCUT2D eigenvalue weighted by Crippen LogP contribution is -2.43. The molecule has 3 rings (SSSR count). The molecule has 156 valence electrons. The highest BCUT2D eigenvalue weighted by Crippen LogP contribution is 2.22. The van der Waals surface area contributed by atoms with Crippen LogP contribution in [0, 0.1) is 5.92 Å². The Bertz CT molecular complexity index is 943. The molecule has 1 fully saturated rings. The van der Waals surface area contributed by atoms with Gasteiger partial charge in [0.2, 0.25) is 5.91 Å². The molecule has 0 unspecified atom stereocenters. The Hall–Kier alpha value is -2.35. The summed E-state index contributed by atoms with van der Waals surface area (Å²) < 4.78 is 6.76. The molecule has 0 bridgehead atoms. The van der Waals surface area contributed by atoms with Gasteiger partial charge in [0.05, 0.1) is 29.2 Å². The number of piperidine rings is 1. The fourth-order valence-electron chi connectivity index (χ4n) is 3.55. The van der Waals surface area contributed by atoms with Crippen molar-refractivity contribution < 1.29 is 14.3 Å². The molecule has 0 saturated carbocycles. The van der Waals surface area contributed by atoms with Crippen molar-refractivity contribution >= 4 is 34.5 Å². The molecule has 0 N–H and O–H groups in total. The molecule has 1 aliphatic heterocycles. The molecule has 0 radical (unpaired) electrons. The van der Waals surface area contributed by atoms with Gasteiger partial charge >= 0.3 is 5.97 Å². The van der Waals surface area contributed by atoms with Gasteiger partial charge in [-0.25, -0.2) is 4.98 Å². The third-order valence-electron chi connectivity index (χ3n) is 4.99. The first-order valence-electron chi connectivity index (χ1n) is 10.1. The number of fused-ring (bicyclic) bond motifs is 1. The maximum atomic E-state index is 12.8. The van der Waals surface area contributed by atoms with Gasteiger partial charge < -0.3 is 9.64 Å². The number of likely N-dealkylation sites (tertiary alicyclic amines) is 1. The highest BCUT2D eigenvalue weighted by atomic mass is 32.2. The quantitative estimate of drug-likeness (QED) is 0.391. The monoisotopic (exact) mass is 417 g/mol. The van der Waals surface area contributed by atoms with E-state index in [4.69, 9.17) is 4.74 Å². The molecule has 29 heavy (non-hydrogen) atoms. The first-order valence-corrected chi connectivity index (χ1v) is 11.1. The van der Waals surface area contributed by atoms with Crippen LogP contribution in [0.5, 0.6) is 0 Å². The third kappa shape index (κ3) is 4.98. The molecule has 8 heteroatoms. The summed E-state index contributed by atoms with van der Waals surface area (Å²) in [4.78, 5) is 43.9. The lowest BCUT2D eigenvalue weighted by Gasteiger charge is -2.31. The Morgan fingerprint density at radius 3 is 2.83 bits per heavy atom. The number of benzene rings is 1. The minimum Gasteiger partial charge on any atom is -0.466 e. The number of para-hydroxylation sites is 1. The summed E-state index contributed by atoms with van der Waals surface area (Å²) in [7, 11) is 0. The molecule has 1 saturated heterocycles. The number of esters is 1. The van der Waals surface area contributed by atoms with Gasteiger partial charge in [-0.2, -0.15) is 0 Å². The number of carbonyl (C=O) groups excluding carboxylic acids is 2. The van der Waals surface area contributed by atoms with E-state index in [1.807, 2.05) is 25.1 Å². The van der Waals surface area contributed by atoms with Gasteiger partial charge in [-0.05, 0) is 38.3 Å². The van der Waals surface area contributed by atoms with Crippen LogP contribution in [0.3, 0.4) is 0 Å². The lowest BCUT2D eigenvalue weighted by atomic mass is 9.98. The van der Waals surface area contributed by atoms with Gasteiger partial charge in [-0.15, -0.1) is 0 Å². The van der Waals surface area contributed by atoms with E-state index in [2.05, 4.69) is 4.98 Å². The van der Waals surface area contributed by atoms with E-state index < -0.39 is 0 Å². The second-order valence-electron chi connectivity index (χ2n) is 7.09. The SMILES string of the molecule is CCCn1c(SCC(=O)N2CCC[C@@H](C(=O)OCC)C2)nc2ccccc2c1=O. The predicted molar refractivity (Wildman–Crippen MR) is 113 cm³/mol. The van der Waals surface area contributed by atoms with E-state index in [1.54, 1.807) is 22.5 Å². The number of nitrogens with zero attached hydrogens (tertiary/aromatic N) is 3. The van der Waals surface area contributed by atoms with Crippen LogP contribution in [-0.4, -0.2) is 51.8 Å². The third-order valence-corrected chi connectivity index (χ3v) is 5.95. The summed E-state index contributed by atoms with van der Waals surface area (Å²) >= 11 is 1.28. The molecule has 1 amide bonds. The fourth-order valence-corrected chi connectivity index (χ4v) is 4.48. The summed E-state index contributed by atoms with van der Waals surface area (Å²) in [6.07, 6.45) is 2.33.